The first kappa shape index (κ1) is 34.2. The van der Waals surface area contributed by atoms with Gasteiger partial charge in [-0.1, -0.05) is 73.7 Å². The molecule has 0 aromatic heterocycles. The van der Waals surface area contributed by atoms with Gasteiger partial charge in [-0.3, -0.25) is 14.5 Å². The Morgan fingerprint density at radius 2 is 1.58 bits per heavy atom. The van der Waals surface area contributed by atoms with Crippen LogP contribution in [0.15, 0.2) is 103 Å². The van der Waals surface area contributed by atoms with Crippen LogP contribution >= 0.6 is 0 Å². The quantitative estimate of drug-likeness (QED) is 0.168. The van der Waals surface area contributed by atoms with Gasteiger partial charge >= 0.3 is 0 Å². The number of aromatic hydroxyl groups is 1. The van der Waals surface area contributed by atoms with Crippen molar-refractivity contribution in [2.24, 2.45) is 0 Å². The van der Waals surface area contributed by atoms with E-state index in [-0.39, 0.29) is 17.7 Å². The minimum Gasteiger partial charge on any atom is -0.508 e. The van der Waals surface area contributed by atoms with Gasteiger partial charge in [0.1, 0.15) is 11.8 Å². The molecule has 2 amide bonds. The van der Waals surface area contributed by atoms with Crippen LogP contribution in [0.3, 0.4) is 0 Å². The normalized spacial score (nSPS) is 21.9. The second kappa shape index (κ2) is 15.0. The number of phenolic OH excluding ortho intramolecular Hbond substituents is 1. The Kier molecular flexibility index (Phi) is 9.87. The highest BCUT2D eigenvalue weighted by Gasteiger charge is 2.38. The fourth-order valence-electron chi connectivity index (χ4n) is 9.10. The predicted octanol–water partition coefficient (Wildman–Crippen LogP) is 7.54. The second-order valence-corrected chi connectivity index (χ2v) is 15.2. The molecule has 0 spiro atoms. The molecule has 2 saturated heterocycles. The largest absolute Gasteiger partial charge is 0.508 e. The zero-order chi connectivity index (χ0) is 35.6. The Hall–Kier alpha value is -4.88. The predicted molar refractivity (Wildman–Crippen MR) is 207 cm³/mol. The number of piperazine rings is 1. The van der Waals surface area contributed by atoms with E-state index < -0.39 is 6.04 Å². The highest BCUT2D eigenvalue weighted by molar-refractivity contribution is 6.01. The Labute approximate surface area is 308 Å². The minimum atomic E-state index is -0.410. The smallest absolute Gasteiger partial charge is 0.255 e. The Morgan fingerprint density at radius 3 is 2.37 bits per heavy atom. The summed E-state index contributed by atoms with van der Waals surface area (Å²) in [5, 5.41) is 13.0. The van der Waals surface area contributed by atoms with Gasteiger partial charge in [0.25, 0.3) is 5.91 Å². The van der Waals surface area contributed by atoms with Crippen LogP contribution in [0.25, 0.3) is 0 Å². The monoisotopic (exact) mass is 694 g/mol. The van der Waals surface area contributed by atoms with Crippen molar-refractivity contribution < 1.29 is 14.7 Å². The van der Waals surface area contributed by atoms with Crippen LogP contribution in [0.4, 0.5) is 5.69 Å². The number of carbonyl (C=O) groups excluding carboxylic acids is 2. The summed E-state index contributed by atoms with van der Waals surface area (Å²) in [5.74, 6) is 0.892. The van der Waals surface area contributed by atoms with E-state index in [1.54, 1.807) is 4.90 Å². The van der Waals surface area contributed by atoms with Crippen LogP contribution in [-0.2, 0) is 24.2 Å². The van der Waals surface area contributed by atoms with Gasteiger partial charge in [-0.15, -0.1) is 0 Å². The van der Waals surface area contributed by atoms with Crippen molar-refractivity contribution in [2.45, 2.75) is 75.8 Å². The third kappa shape index (κ3) is 7.11. The van der Waals surface area contributed by atoms with Crippen LogP contribution in [0.2, 0.25) is 0 Å². The zero-order valence-corrected chi connectivity index (χ0v) is 30.1. The number of unbranched alkanes of at least 4 members (excludes halogenated alkanes) is 2. The molecule has 1 aliphatic carbocycles. The number of hydrogen-bond donors (Lipinski definition) is 2. The molecule has 0 saturated carbocycles. The maximum Gasteiger partial charge on any atom is 0.255 e. The first-order valence-corrected chi connectivity index (χ1v) is 19.3. The molecule has 2 fully saturated rings. The van der Waals surface area contributed by atoms with E-state index in [0.29, 0.717) is 31.1 Å². The number of nitrogens with one attached hydrogen (secondary N) is 1. The first-order valence-electron chi connectivity index (χ1n) is 19.3. The van der Waals surface area contributed by atoms with Crippen LogP contribution < -0.4 is 10.2 Å². The van der Waals surface area contributed by atoms with E-state index >= 15 is 0 Å². The molecule has 52 heavy (non-hydrogen) atoms. The van der Waals surface area contributed by atoms with Crippen LogP contribution in [0.1, 0.15) is 94.1 Å². The molecule has 3 heterocycles. The van der Waals surface area contributed by atoms with Crippen molar-refractivity contribution in [3.8, 4) is 5.75 Å². The van der Waals surface area contributed by atoms with Crippen molar-refractivity contribution in [3.05, 3.63) is 142 Å². The molecule has 4 aromatic rings. The van der Waals surface area contributed by atoms with Crippen molar-refractivity contribution in [3.63, 3.8) is 0 Å². The lowest BCUT2D eigenvalue weighted by atomic mass is 9.69. The van der Waals surface area contributed by atoms with Gasteiger partial charge in [0.05, 0.1) is 0 Å². The molecule has 3 atom stereocenters. The summed E-state index contributed by atoms with van der Waals surface area (Å²) in [4.78, 5) is 32.5. The van der Waals surface area contributed by atoms with Gasteiger partial charge in [0.2, 0.25) is 5.91 Å². The SMILES string of the molecule is C=C1CCC(N2Cc3cc(CCCCCN4CCN(c5ccc([C@@H]6c7ccc(O)cc7CC[C@@H]6c6ccccc6)cc5)CC4)ccc3C2=O)C(=O)N1. The lowest BCUT2D eigenvalue weighted by molar-refractivity contribution is -0.126. The van der Waals surface area contributed by atoms with E-state index in [4.69, 9.17) is 0 Å². The maximum atomic E-state index is 13.1. The average Bonchev–Trinajstić information content (AvgIpc) is 3.49. The highest BCUT2D eigenvalue weighted by Crippen LogP contribution is 2.47. The molecular formula is C45H50N4O3. The van der Waals surface area contributed by atoms with Gasteiger partial charge in [-0.2, -0.15) is 0 Å². The number of aryl methyl sites for hydroxylation is 2. The van der Waals surface area contributed by atoms with Crippen LogP contribution in [0, 0.1) is 0 Å². The molecule has 8 rings (SSSR count). The van der Waals surface area contributed by atoms with Gasteiger partial charge < -0.3 is 20.2 Å². The maximum absolute atomic E-state index is 13.1. The number of piperidine rings is 1. The summed E-state index contributed by atoms with van der Waals surface area (Å²) in [7, 11) is 0. The average molecular weight is 695 g/mol. The number of phenols is 1. The number of fused-ring (bicyclic) bond motifs is 2. The number of nitrogens with zero attached hydrogens (tertiary/aromatic N) is 3. The molecule has 7 nitrogen and oxygen atoms in total. The number of carbonyl (C=O) groups is 2. The summed E-state index contributed by atoms with van der Waals surface area (Å²) in [6, 6.07) is 32.0. The fourth-order valence-corrected chi connectivity index (χ4v) is 9.10. The van der Waals surface area contributed by atoms with Crippen molar-refractivity contribution >= 4 is 17.5 Å². The number of allylic oxidation sites excluding steroid dienone is 1. The summed E-state index contributed by atoms with van der Waals surface area (Å²) in [6.07, 6.45) is 7.93. The summed E-state index contributed by atoms with van der Waals surface area (Å²) in [6.45, 7) is 9.76. The van der Waals surface area contributed by atoms with E-state index in [1.807, 2.05) is 18.2 Å². The topological polar surface area (TPSA) is 76.1 Å². The van der Waals surface area contributed by atoms with Gasteiger partial charge in [0, 0.05) is 55.6 Å². The molecule has 3 aliphatic heterocycles. The lowest BCUT2D eigenvalue weighted by Crippen LogP contribution is -2.49. The molecule has 1 unspecified atom stereocenters. The Bertz CT molecular complexity index is 1930. The van der Waals surface area contributed by atoms with Gasteiger partial charge in [-0.25, -0.2) is 0 Å². The molecule has 268 valence electrons. The van der Waals surface area contributed by atoms with E-state index in [2.05, 4.69) is 94.5 Å². The summed E-state index contributed by atoms with van der Waals surface area (Å²) in [5.41, 5.74) is 10.4. The summed E-state index contributed by atoms with van der Waals surface area (Å²) < 4.78 is 0. The zero-order valence-electron chi connectivity index (χ0n) is 30.1. The number of anilines is 1. The fraction of sp³-hybridized carbons (Fsp3) is 0.378. The molecule has 0 radical (unpaired) electrons. The van der Waals surface area contributed by atoms with Crippen molar-refractivity contribution in [1.82, 2.24) is 15.1 Å². The van der Waals surface area contributed by atoms with Crippen molar-refractivity contribution in [1.29, 1.82) is 0 Å². The van der Waals surface area contributed by atoms with E-state index in [9.17, 15) is 14.7 Å². The Balaban J connectivity index is 0.803. The van der Waals surface area contributed by atoms with Gasteiger partial charge in [0.15, 0.2) is 0 Å². The Morgan fingerprint density at radius 1 is 0.769 bits per heavy atom. The van der Waals surface area contributed by atoms with Crippen LogP contribution in [-0.4, -0.2) is 65.5 Å². The van der Waals surface area contributed by atoms with E-state index in [1.165, 1.54) is 46.3 Å². The second-order valence-electron chi connectivity index (χ2n) is 15.2. The third-order valence-corrected chi connectivity index (χ3v) is 11.9. The molecule has 0 bridgehead atoms. The number of amides is 2. The summed E-state index contributed by atoms with van der Waals surface area (Å²) >= 11 is 0. The standard InChI is InChI=1S/C45H50N4O3/c1-31-11-22-42(44(51)46-31)49-30-36-28-32(12-19-41(36)45(49)52)8-4-3-7-23-47-24-26-48(27-25-47)37-16-13-34(14-17-37)43-39(33-9-5-2-6-10-33)20-15-35-29-38(50)18-21-40(35)43/h2,5-6,9-10,12-14,16-19,21,28-29,39,42-43,50H,1,3-4,7-8,11,15,20,22-27,30H2,(H,46,51)/t39-,42?,43+/m1/s1. The first-order chi connectivity index (χ1) is 25.4. The third-order valence-electron chi connectivity index (χ3n) is 11.9. The molecule has 2 N–H and O–H groups in total. The van der Waals surface area contributed by atoms with Crippen molar-refractivity contribution in [2.75, 3.05) is 37.6 Å². The molecule has 7 heteroatoms. The number of rotatable bonds is 10. The van der Waals surface area contributed by atoms with Crippen LogP contribution in [0.5, 0.6) is 5.75 Å². The lowest BCUT2D eigenvalue weighted by Gasteiger charge is -2.37. The highest BCUT2D eigenvalue weighted by atomic mass is 16.3. The molecule has 4 aliphatic rings. The number of benzene rings is 4. The van der Waals surface area contributed by atoms with Gasteiger partial charge in [-0.05, 0) is 121 Å². The van der Waals surface area contributed by atoms with E-state index in [0.717, 1.165) is 75.2 Å². The molecular weight excluding hydrogens is 645 g/mol. The minimum absolute atomic E-state index is 0.0311. The molecule has 4 aromatic carbocycles. The number of hydrogen-bond acceptors (Lipinski definition) is 5.